The van der Waals surface area contributed by atoms with Crippen LogP contribution in [0.15, 0.2) is 53.6 Å². The predicted molar refractivity (Wildman–Crippen MR) is 68.0 cm³/mol. The van der Waals surface area contributed by atoms with Crippen molar-refractivity contribution in [2.24, 2.45) is 4.99 Å². The van der Waals surface area contributed by atoms with E-state index in [2.05, 4.69) is 4.99 Å². The van der Waals surface area contributed by atoms with Crippen LogP contribution in [-0.2, 0) is 4.79 Å². The molecule has 0 bridgehead atoms. The Hall–Kier alpha value is -2.49. The van der Waals surface area contributed by atoms with Gasteiger partial charge in [0.05, 0.1) is 18.4 Å². The molecule has 0 N–H and O–H groups in total. The van der Waals surface area contributed by atoms with Crippen LogP contribution in [0.2, 0.25) is 0 Å². The summed E-state index contributed by atoms with van der Waals surface area (Å²) in [5, 5.41) is 0. The highest BCUT2D eigenvalue weighted by Crippen LogP contribution is 2.18. The van der Waals surface area contributed by atoms with Gasteiger partial charge in [0.15, 0.2) is 5.78 Å². The smallest absolute Gasteiger partial charge is 0.281 e. The van der Waals surface area contributed by atoms with Gasteiger partial charge < -0.3 is 4.74 Å². The number of nitrogens with zero attached hydrogens (tertiary/aromatic N) is 1. The van der Waals surface area contributed by atoms with Crippen molar-refractivity contribution in [1.29, 1.82) is 0 Å². The molecule has 1 amide bonds. The van der Waals surface area contributed by atoms with Crippen molar-refractivity contribution in [2.45, 2.75) is 0 Å². The predicted octanol–water partition coefficient (Wildman–Crippen LogP) is 1.97. The maximum absolute atomic E-state index is 12.0. The molecule has 0 saturated carbocycles. The van der Waals surface area contributed by atoms with Crippen molar-refractivity contribution >= 4 is 17.4 Å². The van der Waals surface area contributed by atoms with Crippen LogP contribution in [0.1, 0.15) is 10.4 Å². The molecule has 2 rings (SSSR count). The summed E-state index contributed by atoms with van der Waals surface area (Å²) < 4.78 is 5.09. The van der Waals surface area contributed by atoms with Crippen LogP contribution < -0.4 is 4.74 Å². The van der Waals surface area contributed by atoms with Crippen LogP contribution in [0.3, 0.4) is 0 Å². The fourth-order valence-corrected chi connectivity index (χ4v) is 1.52. The summed E-state index contributed by atoms with van der Waals surface area (Å²) in [6, 6.07) is 6.87. The molecule has 0 unspecified atom stereocenters. The van der Waals surface area contributed by atoms with Gasteiger partial charge in [-0.15, -0.1) is 0 Å². The number of para-hydroxylation sites is 1. The van der Waals surface area contributed by atoms with Gasteiger partial charge in [0, 0.05) is 0 Å². The summed E-state index contributed by atoms with van der Waals surface area (Å²) in [6.45, 7) is 0. The van der Waals surface area contributed by atoms with Gasteiger partial charge in [0.1, 0.15) is 5.75 Å². The summed E-state index contributed by atoms with van der Waals surface area (Å²) in [6.07, 6.45) is 5.76. The second-order valence-corrected chi connectivity index (χ2v) is 3.61. The SMILES string of the molecule is COc1ccccc1C(=O)N=C1C=CC(=O)C=C1. The van der Waals surface area contributed by atoms with Crippen molar-refractivity contribution in [1.82, 2.24) is 0 Å². The lowest BCUT2D eigenvalue weighted by Gasteiger charge is -2.04. The topological polar surface area (TPSA) is 55.7 Å². The molecule has 0 heterocycles. The van der Waals surface area contributed by atoms with Gasteiger partial charge in [0.25, 0.3) is 5.91 Å². The monoisotopic (exact) mass is 241 g/mol. The summed E-state index contributed by atoms with van der Waals surface area (Å²) in [7, 11) is 1.50. The van der Waals surface area contributed by atoms with Crippen LogP contribution in [-0.4, -0.2) is 24.5 Å². The highest BCUT2D eigenvalue weighted by atomic mass is 16.5. The molecule has 0 aromatic heterocycles. The van der Waals surface area contributed by atoms with E-state index in [1.807, 2.05) is 0 Å². The summed E-state index contributed by atoms with van der Waals surface area (Å²) in [5.74, 6) is -0.0310. The zero-order chi connectivity index (χ0) is 13.0. The van der Waals surface area contributed by atoms with Crippen molar-refractivity contribution in [3.63, 3.8) is 0 Å². The molecule has 1 aromatic carbocycles. The molecule has 4 nitrogen and oxygen atoms in total. The van der Waals surface area contributed by atoms with Gasteiger partial charge in [0.2, 0.25) is 0 Å². The maximum atomic E-state index is 12.0. The molecule has 0 spiro atoms. The highest BCUT2D eigenvalue weighted by Gasteiger charge is 2.11. The second-order valence-electron chi connectivity index (χ2n) is 3.61. The highest BCUT2D eigenvalue weighted by molar-refractivity contribution is 6.20. The Balaban J connectivity index is 2.28. The fraction of sp³-hybridized carbons (Fsp3) is 0.0714. The average molecular weight is 241 g/mol. The number of aliphatic imine (C=N–C) groups is 1. The number of carbonyl (C=O) groups is 2. The van der Waals surface area contributed by atoms with E-state index in [1.165, 1.54) is 31.4 Å². The maximum Gasteiger partial charge on any atom is 0.281 e. The number of benzene rings is 1. The molecule has 90 valence electrons. The van der Waals surface area contributed by atoms with Gasteiger partial charge in [-0.3, -0.25) is 9.59 Å². The Labute approximate surface area is 104 Å². The van der Waals surface area contributed by atoms with E-state index in [9.17, 15) is 9.59 Å². The van der Waals surface area contributed by atoms with E-state index in [0.717, 1.165) is 0 Å². The summed E-state index contributed by atoms with van der Waals surface area (Å²) >= 11 is 0. The van der Waals surface area contributed by atoms with Crippen LogP contribution in [0.25, 0.3) is 0 Å². The largest absolute Gasteiger partial charge is 0.496 e. The van der Waals surface area contributed by atoms with Gasteiger partial charge in [-0.25, -0.2) is 4.99 Å². The third-order valence-corrected chi connectivity index (χ3v) is 2.40. The van der Waals surface area contributed by atoms with Gasteiger partial charge in [-0.2, -0.15) is 0 Å². The molecule has 0 radical (unpaired) electrons. The minimum Gasteiger partial charge on any atom is -0.496 e. The normalized spacial score (nSPS) is 13.6. The second kappa shape index (κ2) is 5.23. The van der Waals surface area contributed by atoms with Gasteiger partial charge >= 0.3 is 0 Å². The first kappa shape index (κ1) is 12.0. The van der Waals surface area contributed by atoms with E-state index in [0.29, 0.717) is 17.0 Å². The van der Waals surface area contributed by atoms with Gasteiger partial charge in [-0.1, -0.05) is 12.1 Å². The molecule has 0 fully saturated rings. The average Bonchev–Trinajstić information content (AvgIpc) is 2.41. The lowest BCUT2D eigenvalue weighted by atomic mass is 10.1. The lowest BCUT2D eigenvalue weighted by Crippen LogP contribution is -2.05. The van der Waals surface area contributed by atoms with Crippen LogP contribution in [0, 0.1) is 0 Å². The van der Waals surface area contributed by atoms with E-state index < -0.39 is 5.91 Å². The van der Waals surface area contributed by atoms with Crippen LogP contribution in [0.4, 0.5) is 0 Å². The number of allylic oxidation sites excluding steroid dienone is 4. The molecule has 4 heteroatoms. The van der Waals surface area contributed by atoms with Crippen molar-refractivity contribution in [2.75, 3.05) is 7.11 Å². The van der Waals surface area contributed by atoms with Crippen molar-refractivity contribution in [3.8, 4) is 5.75 Å². The number of hydrogen-bond donors (Lipinski definition) is 0. The number of ether oxygens (including phenoxy) is 1. The molecular weight excluding hydrogens is 230 g/mol. The molecule has 0 saturated heterocycles. The third kappa shape index (κ3) is 2.60. The summed E-state index contributed by atoms with van der Waals surface area (Å²) in [4.78, 5) is 26.8. The quantitative estimate of drug-likeness (QED) is 0.744. The molecular formula is C14H11NO3. The number of ketones is 1. The van der Waals surface area contributed by atoms with Crippen LogP contribution in [0.5, 0.6) is 5.75 Å². The fourth-order valence-electron chi connectivity index (χ4n) is 1.52. The number of carbonyl (C=O) groups excluding carboxylic acids is 2. The third-order valence-electron chi connectivity index (χ3n) is 2.40. The number of amides is 1. The first-order chi connectivity index (χ1) is 8.70. The van der Waals surface area contributed by atoms with E-state index >= 15 is 0 Å². The molecule has 18 heavy (non-hydrogen) atoms. The van der Waals surface area contributed by atoms with Crippen LogP contribution >= 0.6 is 0 Å². The van der Waals surface area contributed by atoms with E-state index in [4.69, 9.17) is 4.74 Å². The molecule has 1 aliphatic rings. The van der Waals surface area contributed by atoms with E-state index in [-0.39, 0.29) is 5.78 Å². The Morgan fingerprint density at radius 2 is 1.78 bits per heavy atom. The Morgan fingerprint density at radius 1 is 1.11 bits per heavy atom. The number of hydrogen-bond acceptors (Lipinski definition) is 3. The molecule has 0 aliphatic heterocycles. The molecule has 0 atom stereocenters. The minimum absolute atomic E-state index is 0.112. The lowest BCUT2D eigenvalue weighted by molar-refractivity contribution is -0.110. The standard InChI is InChI=1S/C14H11NO3/c1-18-13-5-3-2-4-12(13)14(17)15-10-6-8-11(16)9-7-10/h2-9H,1H3. The Kier molecular flexibility index (Phi) is 3.48. The van der Waals surface area contributed by atoms with Crippen molar-refractivity contribution in [3.05, 3.63) is 54.1 Å². The number of methoxy groups -OCH3 is 1. The first-order valence-corrected chi connectivity index (χ1v) is 5.37. The Bertz CT molecular complexity index is 564. The molecule has 1 aliphatic carbocycles. The Morgan fingerprint density at radius 3 is 2.44 bits per heavy atom. The number of rotatable bonds is 2. The van der Waals surface area contributed by atoms with Gasteiger partial charge in [-0.05, 0) is 36.4 Å². The first-order valence-electron chi connectivity index (χ1n) is 5.37. The zero-order valence-corrected chi connectivity index (χ0v) is 9.79. The molecule has 1 aromatic rings. The zero-order valence-electron chi connectivity index (χ0n) is 9.79. The minimum atomic E-state index is -0.397. The summed E-state index contributed by atoms with van der Waals surface area (Å²) in [5.41, 5.74) is 0.844. The van der Waals surface area contributed by atoms with E-state index in [1.54, 1.807) is 24.3 Å². The van der Waals surface area contributed by atoms with Crippen molar-refractivity contribution < 1.29 is 14.3 Å².